The molecule has 5 heteroatoms. The van der Waals surface area contributed by atoms with E-state index in [9.17, 15) is 9.59 Å². The Morgan fingerprint density at radius 2 is 1.33 bits per heavy atom. The van der Waals surface area contributed by atoms with E-state index in [-0.39, 0.29) is 11.2 Å². The molecule has 2 aromatic rings. The predicted molar refractivity (Wildman–Crippen MR) is 126 cm³/mol. The quantitative estimate of drug-likeness (QED) is 0.264. The van der Waals surface area contributed by atoms with Crippen molar-refractivity contribution in [2.45, 2.75) is 72.3 Å². The third kappa shape index (κ3) is 6.67. The number of benzene rings is 2. The lowest BCUT2D eigenvalue weighted by Gasteiger charge is -2.26. The Morgan fingerprint density at radius 3 is 1.73 bits per heavy atom. The van der Waals surface area contributed by atoms with E-state index in [1.165, 1.54) is 5.56 Å². The van der Waals surface area contributed by atoms with Crippen molar-refractivity contribution in [2.75, 3.05) is 0 Å². The molecule has 164 valence electrons. The average Bonchev–Trinajstić information content (AvgIpc) is 2.61. The third-order valence-electron chi connectivity index (χ3n) is 4.68. The molecule has 4 nitrogen and oxygen atoms in total. The first-order chi connectivity index (χ1) is 13.8. The van der Waals surface area contributed by atoms with E-state index in [1.54, 1.807) is 12.1 Å². The molecule has 0 amide bonds. The van der Waals surface area contributed by atoms with Gasteiger partial charge in [-0.2, -0.15) is 0 Å². The maximum atomic E-state index is 13.6. The number of Topliss-reactive ketones (excluding diaryl/α,β-unsaturated/α-hetero) is 1. The fourth-order valence-corrected chi connectivity index (χ4v) is 3.33. The normalized spacial score (nSPS) is 12.5. The van der Waals surface area contributed by atoms with Crippen molar-refractivity contribution < 1.29 is 18.9 Å². The molecule has 0 N–H and O–H groups in total. The maximum Gasteiger partial charge on any atom is 0.321 e. The topological polar surface area (TPSA) is 60.4 Å². The Labute approximate surface area is 182 Å². The van der Waals surface area contributed by atoms with Gasteiger partial charge in [0.25, 0.3) is 0 Å². The molecular formula is C25H35O4P. The second kappa shape index (κ2) is 10.2. The summed E-state index contributed by atoms with van der Waals surface area (Å²) in [6, 6.07) is 13.3. The van der Waals surface area contributed by atoms with Gasteiger partial charge in [0.2, 0.25) is 0 Å². The molecule has 2 atom stereocenters. The molecule has 2 unspecified atom stereocenters. The Balaban J connectivity index is 0.00000218. The van der Waals surface area contributed by atoms with E-state index in [1.807, 2.05) is 52.8 Å². The van der Waals surface area contributed by atoms with Gasteiger partial charge >= 0.3 is 5.97 Å². The van der Waals surface area contributed by atoms with Crippen LogP contribution in [0, 0.1) is 13.8 Å². The largest absolute Gasteiger partial charge is 0.459 e. The van der Waals surface area contributed by atoms with Crippen molar-refractivity contribution in [1.82, 2.24) is 0 Å². The number of hydrogen-bond donors (Lipinski definition) is 0. The van der Waals surface area contributed by atoms with Crippen LogP contribution in [0.1, 0.15) is 80.1 Å². The smallest absolute Gasteiger partial charge is 0.321 e. The molecule has 2 rings (SSSR count). The zero-order valence-corrected chi connectivity index (χ0v) is 20.9. The molecule has 0 radical (unpaired) electrons. The summed E-state index contributed by atoms with van der Waals surface area (Å²) < 4.78 is 13.9. The third-order valence-corrected chi connectivity index (χ3v) is 4.68. The van der Waals surface area contributed by atoms with Gasteiger partial charge in [-0.05, 0) is 62.3 Å². The van der Waals surface area contributed by atoms with Gasteiger partial charge in [-0.25, -0.2) is 0 Å². The molecule has 0 heterocycles. The zero-order valence-electron chi connectivity index (χ0n) is 19.5. The second-order valence-electron chi connectivity index (χ2n) is 9.48. The molecule has 0 aliphatic heterocycles. The van der Waals surface area contributed by atoms with Crippen molar-refractivity contribution in [1.29, 1.82) is 0 Å². The maximum absolute atomic E-state index is 13.6. The molecule has 0 aliphatic rings. The van der Waals surface area contributed by atoms with Gasteiger partial charge in [-0.1, -0.05) is 63.2 Å². The molecule has 0 spiro atoms. The first-order valence-electron chi connectivity index (χ1n) is 10.0. The highest BCUT2D eigenvalue weighted by atomic mass is 31.0. The van der Waals surface area contributed by atoms with Crippen LogP contribution in [0.3, 0.4) is 0 Å². The van der Waals surface area contributed by atoms with Gasteiger partial charge < -0.3 is 9.30 Å². The Kier molecular flexibility index (Phi) is 8.80. The highest BCUT2D eigenvalue weighted by molar-refractivity contribution is 7.00. The van der Waals surface area contributed by atoms with Crippen molar-refractivity contribution in [2.24, 2.45) is 0 Å². The van der Waals surface area contributed by atoms with Crippen molar-refractivity contribution >= 4 is 20.9 Å². The number of esters is 1. The highest BCUT2D eigenvalue weighted by Gasteiger charge is 2.35. The van der Waals surface area contributed by atoms with Gasteiger partial charge in [-0.15, -0.1) is 0 Å². The van der Waals surface area contributed by atoms with Crippen molar-refractivity contribution in [3.8, 4) is 0 Å². The van der Waals surface area contributed by atoms with E-state index < -0.39 is 17.5 Å². The summed E-state index contributed by atoms with van der Waals surface area (Å²) in [6.07, 6.45) is 0. The number of rotatable bonds is 4. The van der Waals surface area contributed by atoms with Crippen LogP contribution >= 0.6 is 9.12 Å². The Hall–Kier alpha value is -2.19. The van der Waals surface area contributed by atoms with Crippen LogP contribution in [0.5, 0.6) is 0 Å². The number of hydrogen-bond acceptors (Lipinski definition) is 4. The van der Waals surface area contributed by atoms with Gasteiger partial charge in [0.1, 0.15) is 11.5 Å². The minimum Gasteiger partial charge on any atom is -0.459 e. The summed E-state index contributed by atoms with van der Waals surface area (Å²) in [6.45, 7) is 15.8. The average molecular weight is 431 g/mol. The van der Waals surface area contributed by atoms with Gasteiger partial charge in [0, 0.05) is 5.56 Å². The molecule has 0 fully saturated rings. The standard InChI is InChI=1S/C25H32O3.H3OP/c1-16-14-19(24(3,4)5)15-17(2)20(16)22(26)21(18-12-10-9-11-13-18)23(27)28-25(6,7)8;1-2/h9-15,21H,1-8H3;2H3. The summed E-state index contributed by atoms with van der Waals surface area (Å²) in [4.78, 5) is 26.6. The van der Waals surface area contributed by atoms with Gasteiger partial charge in [0.05, 0.1) is 9.12 Å². The van der Waals surface area contributed by atoms with Crippen LogP contribution in [-0.4, -0.2) is 17.4 Å². The number of carbonyl (C=O) groups is 2. The zero-order chi connectivity index (χ0) is 23.3. The monoisotopic (exact) mass is 430 g/mol. The van der Waals surface area contributed by atoms with E-state index in [0.29, 0.717) is 20.2 Å². The predicted octanol–water partition coefficient (Wildman–Crippen LogP) is 5.85. The number of ketones is 1. The number of carbonyl (C=O) groups excluding carboxylic acids is 2. The van der Waals surface area contributed by atoms with Crippen LogP contribution in [0.25, 0.3) is 0 Å². The number of aryl methyl sites for hydroxylation is 2. The SMILES string of the molecule is Cc1cc(C(C)(C)C)cc(C)c1C(=O)C(C(=O)OC(C)(C)C)c1ccccc1.O=[PH3]. The first kappa shape index (κ1) is 25.8. The van der Waals surface area contributed by atoms with Crippen molar-refractivity contribution in [3.05, 3.63) is 70.3 Å². The minimum atomic E-state index is -0.974. The van der Waals surface area contributed by atoms with Gasteiger partial charge in [-0.3, -0.25) is 9.59 Å². The van der Waals surface area contributed by atoms with E-state index >= 15 is 0 Å². The summed E-state index contributed by atoms with van der Waals surface area (Å²) in [5.74, 6) is -1.70. The van der Waals surface area contributed by atoms with Crippen LogP contribution in [0.2, 0.25) is 0 Å². The van der Waals surface area contributed by atoms with E-state index in [0.717, 1.165) is 11.1 Å². The molecule has 0 aliphatic carbocycles. The first-order valence-corrected chi connectivity index (χ1v) is 10.6. The summed E-state index contributed by atoms with van der Waals surface area (Å²) in [7, 11) is 0.611. The van der Waals surface area contributed by atoms with Crippen molar-refractivity contribution in [3.63, 3.8) is 0 Å². The highest BCUT2D eigenvalue weighted by Crippen LogP contribution is 2.31. The van der Waals surface area contributed by atoms with Crippen LogP contribution in [0.15, 0.2) is 42.5 Å². The van der Waals surface area contributed by atoms with Crippen LogP contribution in [0.4, 0.5) is 0 Å². The molecule has 0 saturated carbocycles. The fourth-order valence-electron chi connectivity index (χ4n) is 3.33. The minimum absolute atomic E-state index is 0.0128. The molecular weight excluding hydrogens is 395 g/mol. The molecule has 0 bridgehead atoms. The summed E-state index contributed by atoms with van der Waals surface area (Å²) >= 11 is 0. The van der Waals surface area contributed by atoms with Crippen LogP contribution in [-0.2, 0) is 19.5 Å². The van der Waals surface area contributed by atoms with Gasteiger partial charge in [0.15, 0.2) is 5.78 Å². The summed E-state index contributed by atoms with van der Waals surface area (Å²) in [5, 5.41) is 0. The second-order valence-corrected chi connectivity index (χ2v) is 9.48. The lowest BCUT2D eigenvalue weighted by atomic mass is 9.81. The molecule has 2 aromatic carbocycles. The molecule has 0 aromatic heterocycles. The molecule has 0 saturated heterocycles. The van der Waals surface area contributed by atoms with E-state index in [2.05, 4.69) is 32.9 Å². The fraction of sp³-hybridized carbons (Fsp3) is 0.440. The molecule has 30 heavy (non-hydrogen) atoms. The summed E-state index contributed by atoms with van der Waals surface area (Å²) in [5.41, 5.74) is 3.53. The van der Waals surface area contributed by atoms with Crippen LogP contribution < -0.4 is 0 Å². The number of ether oxygens (including phenoxy) is 1. The lowest BCUT2D eigenvalue weighted by molar-refractivity contribution is -0.155. The Bertz CT molecular complexity index is 867. The Morgan fingerprint density at radius 1 is 0.867 bits per heavy atom. The lowest BCUT2D eigenvalue weighted by Crippen LogP contribution is -2.32. The van der Waals surface area contributed by atoms with E-state index in [4.69, 9.17) is 9.30 Å².